The van der Waals surface area contributed by atoms with Gasteiger partial charge >= 0.3 is 0 Å². The van der Waals surface area contributed by atoms with Crippen molar-refractivity contribution in [2.24, 2.45) is 0 Å². The lowest BCUT2D eigenvalue weighted by Gasteiger charge is -2.26. The molecule has 2 aliphatic rings. The van der Waals surface area contributed by atoms with Gasteiger partial charge in [0.1, 0.15) is 11.9 Å². The number of hydrogen-bond acceptors (Lipinski definition) is 8. The first-order chi connectivity index (χ1) is 13.7. The highest BCUT2D eigenvalue weighted by Gasteiger charge is 2.57. The average molecular weight is 402 g/mol. The quantitative estimate of drug-likeness (QED) is 0.582. The zero-order valence-corrected chi connectivity index (χ0v) is 16.3. The maximum atomic E-state index is 10.0. The third kappa shape index (κ3) is 3.04. The molecule has 2 aliphatic heterocycles. The van der Waals surface area contributed by atoms with Gasteiger partial charge < -0.3 is 29.6 Å². The number of aromatic amines is 1. The molecule has 0 bridgehead atoms. The van der Waals surface area contributed by atoms with Gasteiger partial charge in [-0.3, -0.25) is 0 Å². The number of fused-ring (bicyclic) bond motifs is 2. The van der Waals surface area contributed by atoms with Crippen LogP contribution in [0, 0.1) is 0 Å². The predicted octanol–water partition coefficient (Wildman–Crippen LogP) is 2.45. The maximum absolute atomic E-state index is 10.0. The van der Waals surface area contributed by atoms with Crippen molar-refractivity contribution in [3.8, 4) is 6.01 Å². The topological polar surface area (TPSA) is 102 Å². The highest BCUT2D eigenvalue weighted by Crippen LogP contribution is 2.39. The zero-order valence-electron chi connectivity index (χ0n) is 15.5. The Morgan fingerprint density at radius 3 is 3.21 bits per heavy atom. The molecule has 0 amide bonds. The molecule has 2 fully saturated rings. The Hall–Kier alpha value is -2.20. The molecular weight excluding hydrogens is 380 g/mol. The van der Waals surface area contributed by atoms with E-state index in [9.17, 15) is 5.11 Å². The molecule has 3 aromatic heterocycles. The van der Waals surface area contributed by atoms with Crippen LogP contribution < -0.4 is 10.1 Å². The number of rotatable bonds is 6. The molecule has 148 valence electrons. The summed E-state index contributed by atoms with van der Waals surface area (Å²) in [6, 6.07) is 6.50. The summed E-state index contributed by atoms with van der Waals surface area (Å²) >= 11 is 1.71. The van der Waals surface area contributed by atoms with Crippen LogP contribution in [0.5, 0.6) is 6.01 Å². The normalized spacial score (nSPS) is 26.6. The zero-order chi connectivity index (χ0) is 19.1. The van der Waals surface area contributed by atoms with Gasteiger partial charge in [0, 0.05) is 11.3 Å². The van der Waals surface area contributed by atoms with Gasteiger partial charge in [0.2, 0.25) is 5.79 Å². The van der Waals surface area contributed by atoms with E-state index in [1.807, 2.05) is 12.1 Å². The minimum absolute atomic E-state index is 0.194. The molecule has 0 saturated carbocycles. The minimum atomic E-state index is -0.985. The molecule has 0 unspecified atom stereocenters. The molecule has 3 atom stereocenters. The summed E-state index contributed by atoms with van der Waals surface area (Å²) in [4.78, 5) is 13.6. The van der Waals surface area contributed by atoms with Gasteiger partial charge in [-0.1, -0.05) is 13.0 Å². The van der Waals surface area contributed by atoms with Gasteiger partial charge in [-0.05, 0) is 29.5 Å². The van der Waals surface area contributed by atoms with Gasteiger partial charge in [-0.25, -0.2) is 4.98 Å². The van der Waals surface area contributed by atoms with Crippen molar-refractivity contribution < 1.29 is 19.3 Å². The molecule has 28 heavy (non-hydrogen) atoms. The highest BCUT2D eigenvalue weighted by atomic mass is 32.1. The fourth-order valence-electron chi connectivity index (χ4n) is 3.79. The Balaban J connectivity index is 1.41. The molecule has 5 rings (SSSR count). The minimum Gasteiger partial charge on any atom is -0.429 e. The molecule has 0 aliphatic carbocycles. The number of nitrogens with zero attached hydrogens (tertiary/aromatic N) is 2. The van der Waals surface area contributed by atoms with Crippen molar-refractivity contribution in [1.29, 1.82) is 0 Å². The van der Waals surface area contributed by atoms with Gasteiger partial charge in [0.25, 0.3) is 6.01 Å². The van der Waals surface area contributed by atoms with Gasteiger partial charge in [-0.15, -0.1) is 11.3 Å². The third-order valence-corrected chi connectivity index (χ3v) is 6.10. The first kappa shape index (κ1) is 17.9. The van der Waals surface area contributed by atoms with Crippen LogP contribution in [0.1, 0.15) is 23.8 Å². The number of thiophene rings is 1. The smallest absolute Gasteiger partial charge is 0.298 e. The second-order valence-electron chi connectivity index (χ2n) is 7.03. The lowest BCUT2D eigenvalue weighted by Crippen LogP contribution is -2.44. The van der Waals surface area contributed by atoms with E-state index in [-0.39, 0.29) is 6.61 Å². The lowest BCUT2D eigenvalue weighted by atomic mass is 10.1. The number of aryl methyl sites for hydroxylation is 1. The third-order valence-electron chi connectivity index (χ3n) is 5.22. The summed E-state index contributed by atoms with van der Waals surface area (Å²) in [6.45, 7) is 3.50. The van der Waals surface area contributed by atoms with E-state index in [1.54, 1.807) is 11.3 Å². The average Bonchev–Trinajstić information content (AvgIpc) is 3.46. The van der Waals surface area contributed by atoms with Crippen LogP contribution >= 0.6 is 11.3 Å². The molecule has 0 spiro atoms. The molecular formula is C19H22N4O4S. The summed E-state index contributed by atoms with van der Waals surface area (Å²) in [6.07, 6.45) is 0.209. The van der Waals surface area contributed by atoms with Gasteiger partial charge in [0.15, 0.2) is 11.8 Å². The number of pyridine rings is 1. The van der Waals surface area contributed by atoms with Crippen molar-refractivity contribution in [3.05, 3.63) is 34.0 Å². The molecule has 9 heteroatoms. The number of aliphatic hydroxyl groups excluding tert-OH is 1. The largest absolute Gasteiger partial charge is 0.429 e. The number of ether oxygens (including phenoxy) is 3. The Morgan fingerprint density at radius 1 is 1.46 bits per heavy atom. The highest BCUT2D eigenvalue weighted by molar-refractivity contribution is 7.09. The maximum Gasteiger partial charge on any atom is 0.298 e. The van der Waals surface area contributed by atoms with Crippen molar-refractivity contribution in [2.45, 2.75) is 44.3 Å². The lowest BCUT2D eigenvalue weighted by molar-refractivity contribution is -0.168. The van der Waals surface area contributed by atoms with E-state index in [1.165, 1.54) is 4.88 Å². The number of aromatic nitrogens is 3. The Bertz CT molecular complexity index is 976. The number of hydrogen-bond donors (Lipinski definition) is 3. The van der Waals surface area contributed by atoms with E-state index in [2.05, 4.69) is 38.6 Å². The van der Waals surface area contributed by atoms with Crippen LogP contribution in [-0.4, -0.2) is 51.3 Å². The molecule has 5 heterocycles. The number of H-pyrrole nitrogens is 1. The monoisotopic (exact) mass is 402 g/mol. The fourth-order valence-corrected chi connectivity index (χ4v) is 4.43. The first-order valence-corrected chi connectivity index (χ1v) is 10.3. The van der Waals surface area contributed by atoms with E-state index in [4.69, 9.17) is 14.2 Å². The molecule has 0 radical (unpaired) electrons. The second-order valence-corrected chi connectivity index (χ2v) is 8.06. The molecule has 0 aromatic carbocycles. The van der Waals surface area contributed by atoms with Gasteiger partial charge in [0.05, 0.1) is 25.3 Å². The fraction of sp³-hybridized carbons (Fsp3) is 0.474. The molecule has 3 aromatic rings. The van der Waals surface area contributed by atoms with Crippen molar-refractivity contribution >= 4 is 28.3 Å². The standard InChI is InChI=1S/C19H22N4O4S/c1-2-11-8-13-17(22-16(11)20-9-12-4-3-7-28-12)23-18(21-13)27-19-5-6-25-15(19)14(24)10-26-19/h3-4,7-8,14-15,24H,2,5-6,9-10H2,1H3,(H2,20,21,22,23)/t14-,15-,19+/m1/s1. The van der Waals surface area contributed by atoms with Crippen LogP contribution in [0.15, 0.2) is 23.6 Å². The number of nitrogens with one attached hydrogen (secondary N) is 2. The van der Waals surface area contributed by atoms with E-state index in [0.717, 1.165) is 29.9 Å². The van der Waals surface area contributed by atoms with E-state index >= 15 is 0 Å². The Morgan fingerprint density at radius 2 is 2.39 bits per heavy atom. The summed E-state index contributed by atoms with van der Waals surface area (Å²) in [5.74, 6) is -0.157. The van der Waals surface area contributed by atoms with Crippen molar-refractivity contribution in [3.63, 3.8) is 0 Å². The van der Waals surface area contributed by atoms with Crippen LogP contribution in [0.2, 0.25) is 0 Å². The summed E-state index contributed by atoms with van der Waals surface area (Å²) in [5.41, 5.74) is 2.48. The summed E-state index contributed by atoms with van der Waals surface area (Å²) < 4.78 is 17.4. The predicted molar refractivity (Wildman–Crippen MR) is 105 cm³/mol. The number of anilines is 1. The van der Waals surface area contributed by atoms with E-state index in [0.29, 0.717) is 24.7 Å². The first-order valence-electron chi connectivity index (χ1n) is 9.45. The molecule has 8 nitrogen and oxygen atoms in total. The van der Waals surface area contributed by atoms with E-state index < -0.39 is 18.0 Å². The second kappa shape index (κ2) is 7.00. The number of aliphatic hydroxyl groups is 1. The van der Waals surface area contributed by atoms with Crippen LogP contribution in [0.4, 0.5) is 5.82 Å². The van der Waals surface area contributed by atoms with Crippen molar-refractivity contribution in [1.82, 2.24) is 15.0 Å². The van der Waals surface area contributed by atoms with Crippen molar-refractivity contribution in [2.75, 3.05) is 18.5 Å². The van der Waals surface area contributed by atoms with Gasteiger partial charge in [-0.2, -0.15) is 4.98 Å². The Kier molecular flexibility index (Phi) is 4.47. The van der Waals surface area contributed by atoms with Crippen LogP contribution in [0.3, 0.4) is 0 Å². The number of imidazole rings is 1. The Labute approximate surface area is 165 Å². The van der Waals surface area contributed by atoms with Crippen LogP contribution in [0.25, 0.3) is 11.2 Å². The molecule has 3 N–H and O–H groups in total. The van der Waals surface area contributed by atoms with Crippen LogP contribution in [-0.2, 0) is 22.4 Å². The summed E-state index contributed by atoms with van der Waals surface area (Å²) in [7, 11) is 0. The molecule has 2 saturated heterocycles. The summed E-state index contributed by atoms with van der Waals surface area (Å²) in [5, 5.41) is 15.5. The SMILES string of the molecule is CCc1cc2[nH]c(O[C@@]34CCO[C@@H]3[C@H](O)CO4)nc2nc1NCc1cccs1.